The van der Waals surface area contributed by atoms with Gasteiger partial charge in [0, 0.05) is 36.9 Å². The van der Waals surface area contributed by atoms with Crippen molar-refractivity contribution in [3.8, 4) is 0 Å². The highest BCUT2D eigenvalue weighted by molar-refractivity contribution is 6.31. The summed E-state index contributed by atoms with van der Waals surface area (Å²) in [4.78, 5) is 2.29. The monoisotopic (exact) mass is 290 g/mol. The molecule has 0 atom stereocenters. The molecule has 4 heteroatoms. The van der Waals surface area contributed by atoms with Crippen molar-refractivity contribution in [1.82, 2.24) is 5.32 Å². The van der Waals surface area contributed by atoms with Crippen molar-refractivity contribution in [2.75, 3.05) is 18.0 Å². The molecule has 1 heterocycles. The third-order valence-corrected chi connectivity index (χ3v) is 3.93. The van der Waals surface area contributed by atoms with E-state index in [9.17, 15) is 4.39 Å². The van der Waals surface area contributed by atoms with E-state index in [2.05, 4.69) is 28.4 Å². The average molecular weight is 291 g/mol. The van der Waals surface area contributed by atoms with Gasteiger partial charge in [0.2, 0.25) is 0 Å². The summed E-state index contributed by atoms with van der Waals surface area (Å²) < 4.78 is 13.1. The van der Waals surface area contributed by atoms with Gasteiger partial charge in [-0.15, -0.1) is 0 Å². The average Bonchev–Trinajstić information content (AvgIpc) is 2.65. The summed E-state index contributed by atoms with van der Waals surface area (Å²) in [6.07, 6.45) is 0. The fraction of sp³-hybridized carbons (Fsp3) is 0.250. The predicted octanol–water partition coefficient (Wildman–Crippen LogP) is 3.59. The fourth-order valence-electron chi connectivity index (χ4n) is 2.55. The number of fused-ring (bicyclic) bond motifs is 1. The van der Waals surface area contributed by atoms with Crippen molar-refractivity contribution < 1.29 is 4.39 Å². The second-order valence-corrected chi connectivity index (χ2v) is 5.37. The van der Waals surface area contributed by atoms with Crippen LogP contribution in [-0.4, -0.2) is 13.1 Å². The van der Waals surface area contributed by atoms with Gasteiger partial charge in [-0.25, -0.2) is 4.39 Å². The zero-order valence-corrected chi connectivity index (χ0v) is 11.8. The lowest BCUT2D eigenvalue weighted by atomic mass is 10.1. The molecule has 0 spiro atoms. The van der Waals surface area contributed by atoms with E-state index in [1.54, 1.807) is 6.07 Å². The summed E-state index contributed by atoms with van der Waals surface area (Å²) >= 11 is 6.13. The molecule has 20 heavy (non-hydrogen) atoms. The largest absolute Gasteiger partial charge is 0.366 e. The number of hydrogen-bond acceptors (Lipinski definition) is 2. The molecule has 0 saturated carbocycles. The summed E-state index contributed by atoms with van der Waals surface area (Å²) in [5, 5.41) is 3.89. The minimum Gasteiger partial charge on any atom is -0.366 e. The maximum atomic E-state index is 13.1. The Kier molecular flexibility index (Phi) is 3.90. The number of nitrogens with one attached hydrogen (secondary N) is 1. The molecule has 2 nitrogen and oxygen atoms in total. The Hall–Kier alpha value is -1.58. The Bertz CT molecular complexity index is 615. The first kappa shape index (κ1) is 13.4. The van der Waals surface area contributed by atoms with Crippen LogP contribution in [0.25, 0.3) is 0 Å². The van der Waals surface area contributed by atoms with Crippen molar-refractivity contribution in [3.63, 3.8) is 0 Å². The van der Waals surface area contributed by atoms with Gasteiger partial charge in [0.25, 0.3) is 0 Å². The number of halogens is 2. The summed E-state index contributed by atoms with van der Waals surface area (Å²) in [6.45, 7) is 3.40. The van der Waals surface area contributed by atoms with Crippen LogP contribution < -0.4 is 10.2 Å². The van der Waals surface area contributed by atoms with Gasteiger partial charge in [0.05, 0.1) is 0 Å². The van der Waals surface area contributed by atoms with E-state index in [0.29, 0.717) is 11.6 Å². The topological polar surface area (TPSA) is 15.3 Å². The number of benzene rings is 2. The van der Waals surface area contributed by atoms with Crippen LogP contribution in [0.5, 0.6) is 0 Å². The minimum atomic E-state index is -0.295. The van der Waals surface area contributed by atoms with Gasteiger partial charge in [0.1, 0.15) is 5.82 Å². The lowest BCUT2D eigenvalue weighted by molar-refractivity contribution is 0.626. The molecule has 1 aliphatic rings. The van der Waals surface area contributed by atoms with Gasteiger partial charge < -0.3 is 10.2 Å². The Morgan fingerprint density at radius 1 is 1.20 bits per heavy atom. The van der Waals surface area contributed by atoms with Gasteiger partial charge >= 0.3 is 0 Å². The molecule has 1 aliphatic heterocycles. The highest BCUT2D eigenvalue weighted by Gasteiger charge is 2.15. The lowest BCUT2D eigenvalue weighted by Crippen LogP contribution is -2.28. The normalized spacial score (nSPS) is 14.8. The van der Waals surface area contributed by atoms with Crippen LogP contribution in [0.3, 0.4) is 0 Å². The molecule has 0 saturated heterocycles. The van der Waals surface area contributed by atoms with Crippen molar-refractivity contribution in [1.29, 1.82) is 0 Å². The van der Waals surface area contributed by atoms with Crippen LogP contribution in [0.15, 0.2) is 42.5 Å². The summed E-state index contributed by atoms with van der Waals surface area (Å²) in [5.74, 6) is -0.295. The second-order valence-electron chi connectivity index (χ2n) is 4.96. The maximum Gasteiger partial charge on any atom is 0.124 e. The molecule has 3 rings (SSSR count). The Morgan fingerprint density at radius 3 is 2.90 bits per heavy atom. The van der Waals surface area contributed by atoms with Crippen LogP contribution in [0.2, 0.25) is 5.02 Å². The minimum absolute atomic E-state index is 0.295. The van der Waals surface area contributed by atoms with Crippen LogP contribution >= 0.6 is 11.6 Å². The molecule has 0 fully saturated rings. The smallest absolute Gasteiger partial charge is 0.124 e. The van der Waals surface area contributed by atoms with Gasteiger partial charge in [-0.3, -0.25) is 0 Å². The Morgan fingerprint density at radius 2 is 2.05 bits per heavy atom. The first-order valence-electron chi connectivity index (χ1n) is 6.71. The third kappa shape index (κ3) is 2.79. The van der Waals surface area contributed by atoms with E-state index in [1.165, 1.54) is 23.4 Å². The Balaban J connectivity index is 1.90. The quantitative estimate of drug-likeness (QED) is 0.909. The van der Waals surface area contributed by atoms with Crippen LogP contribution in [-0.2, 0) is 13.1 Å². The summed E-state index contributed by atoms with van der Waals surface area (Å²) in [7, 11) is 0. The SMILES string of the molecule is Fc1ccc(CN2CCNCc3ccccc32)c(Cl)c1. The summed E-state index contributed by atoms with van der Waals surface area (Å²) in [5.41, 5.74) is 3.45. The molecule has 0 radical (unpaired) electrons. The number of rotatable bonds is 2. The first-order chi connectivity index (χ1) is 9.74. The van der Waals surface area contributed by atoms with Crippen molar-refractivity contribution >= 4 is 17.3 Å². The third-order valence-electron chi connectivity index (χ3n) is 3.58. The number of para-hydroxylation sites is 1. The number of nitrogens with zero attached hydrogens (tertiary/aromatic N) is 1. The molecule has 2 aromatic carbocycles. The predicted molar refractivity (Wildman–Crippen MR) is 80.6 cm³/mol. The zero-order valence-electron chi connectivity index (χ0n) is 11.1. The van der Waals surface area contributed by atoms with E-state index in [4.69, 9.17) is 11.6 Å². The molecular weight excluding hydrogens is 275 g/mol. The van der Waals surface area contributed by atoms with Gasteiger partial charge in [0.15, 0.2) is 0 Å². The van der Waals surface area contributed by atoms with Crippen molar-refractivity contribution in [3.05, 3.63) is 64.4 Å². The number of anilines is 1. The first-order valence-corrected chi connectivity index (χ1v) is 7.09. The molecule has 1 N–H and O–H groups in total. The zero-order chi connectivity index (χ0) is 13.9. The van der Waals surface area contributed by atoms with Crippen LogP contribution in [0, 0.1) is 5.82 Å². The summed E-state index contributed by atoms with van der Waals surface area (Å²) in [6, 6.07) is 13.0. The van der Waals surface area contributed by atoms with Gasteiger partial charge in [-0.2, -0.15) is 0 Å². The molecule has 2 aromatic rings. The van der Waals surface area contributed by atoms with Crippen LogP contribution in [0.4, 0.5) is 10.1 Å². The van der Waals surface area contributed by atoms with Crippen LogP contribution in [0.1, 0.15) is 11.1 Å². The maximum absolute atomic E-state index is 13.1. The standard InChI is InChI=1S/C16H16ClFN2/c17-15-9-14(18)6-5-13(15)11-20-8-7-19-10-12-3-1-2-4-16(12)20/h1-6,9,19H,7-8,10-11H2. The van der Waals surface area contributed by atoms with Crippen molar-refractivity contribution in [2.45, 2.75) is 13.1 Å². The number of hydrogen-bond donors (Lipinski definition) is 1. The van der Waals surface area contributed by atoms with E-state index < -0.39 is 0 Å². The highest BCUT2D eigenvalue weighted by atomic mass is 35.5. The molecule has 0 aliphatic carbocycles. The van der Waals surface area contributed by atoms with Gasteiger partial charge in [-0.1, -0.05) is 35.9 Å². The van der Waals surface area contributed by atoms with E-state index in [1.807, 2.05) is 6.07 Å². The molecule has 0 amide bonds. The lowest BCUT2D eigenvalue weighted by Gasteiger charge is -2.25. The molecule has 0 aromatic heterocycles. The second kappa shape index (κ2) is 5.81. The molecule has 0 bridgehead atoms. The van der Waals surface area contributed by atoms with Crippen molar-refractivity contribution in [2.24, 2.45) is 0 Å². The molecule has 104 valence electrons. The fourth-order valence-corrected chi connectivity index (χ4v) is 2.77. The highest BCUT2D eigenvalue weighted by Crippen LogP contribution is 2.26. The molecular formula is C16H16ClFN2. The van der Waals surface area contributed by atoms with Gasteiger partial charge in [-0.05, 0) is 29.3 Å². The van der Waals surface area contributed by atoms with E-state index in [-0.39, 0.29) is 5.82 Å². The molecule has 0 unspecified atom stereocenters. The van der Waals surface area contributed by atoms with E-state index >= 15 is 0 Å². The Labute approximate surface area is 123 Å². The van der Waals surface area contributed by atoms with E-state index in [0.717, 1.165) is 25.2 Å².